The molecule has 0 spiro atoms. The lowest BCUT2D eigenvalue weighted by Gasteiger charge is -2.37. The molecule has 1 aromatic carbocycles. The molecule has 1 aromatic heterocycles. The van der Waals surface area contributed by atoms with Gasteiger partial charge in [0.2, 0.25) is 0 Å². The Kier molecular flexibility index (Phi) is 5.78. The van der Waals surface area contributed by atoms with E-state index in [0.717, 1.165) is 42.6 Å². The third-order valence-electron chi connectivity index (χ3n) is 4.41. The number of halogens is 1. The third-order valence-corrected chi connectivity index (χ3v) is 4.76. The molecule has 0 bridgehead atoms. The second-order valence-electron chi connectivity index (χ2n) is 6.02. The Bertz CT molecular complexity index is 656. The minimum absolute atomic E-state index is 0.0562. The molecule has 8 heteroatoms. The Morgan fingerprint density at radius 1 is 1.21 bits per heavy atom. The molecule has 1 fully saturated rings. The van der Waals surface area contributed by atoms with Gasteiger partial charge in [-0.25, -0.2) is 4.68 Å². The average Bonchev–Trinajstić information content (AvgIpc) is 3.05. The van der Waals surface area contributed by atoms with Crippen LogP contribution in [0.25, 0.3) is 0 Å². The van der Waals surface area contributed by atoms with Crippen LogP contribution in [-0.2, 0) is 11.3 Å². The Balaban J connectivity index is 1.96. The number of hydrogen-bond donors (Lipinski definition) is 0. The average molecular weight is 351 g/mol. The maximum absolute atomic E-state index is 6.50. The van der Waals surface area contributed by atoms with Gasteiger partial charge in [0.25, 0.3) is 0 Å². The molecule has 2 aromatic rings. The first kappa shape index (κ1) is 17.3. The van der Waals surface area contributed by atoms with E-state index in [0.29, 0.717) is 13.2 Å². The van der Waals surface area contributed by atoms with Gasteiger partial charge in [-0.2, -0.15) is 0 Å². The fourth-order valence-electron chi connectivity index (χ4n) is 3.02. The lowest BCUT2D eigenvalue weighted by atomic mass is 10.0. The second kappa shape index (κ2) is 8.02. The van der Waals surface area contributed by atoms with Gasteiger partial charge in [-0.1, -0.05) is 29.8 Å². The molecule has 7 nitrogen and oxygen atoms in total. The van der Waals surface area contributed by atoms with Crippen molar-refractivity contribution in [3.8, 4) is 0 Å². The molecule has 1 saturated heterocycles. The van der Waals surface area contributed by atoms with Crippen molar-refractivity contribution in [1.29, 1.82) is 0 Å². The predicted molar refractivity (Wildman–Crippen MR) is 92.1 cm³/mol. The van der Waals surface area contributed by atoms with Gasteiger partial charge in [0.1, 0.15) is 0 Å². The van der Waals surface area contributed by atoms with Gasteiger partial charge >= 0.3 is 0 Å². The number of likely N-dealkylation sites (N-methyl/N-ethyl adjacent to an activating group) is 1. The largest absolute Gasteiger partial charge is 0.383 e. The van der Waals surface area contributed by atoms with Crippen molar-refractivity contribution in [2.75, 3.05) is 46.9 Å². The number of benzene rings is 1. The first-order chi connectivity index (χ1) is 11.7. The Morgan fingerprint density at radius 2 is 1.96 bits per heavy atom. The zero-order valence-corrected chi connectivity index (χ0v) is 14.9. The quantitative estimate of drug-likeness (QED) is 0.783. The molecule has 0 unspecified atom stereocenters. The standard InChI is InChI=1S/C16H23ClN6O/c1-21-7-9-22(10-8-21)15(13-5-3-4-6-14(13)17)16-18-19-20-23(16)11-12-24-2/h3-6,15H,7-12H2,1-2H3/t15-/m1/s1. The number of methoxy groups -OCH3 is 1. The summed E-state index contributed by atoms with van der Waals surface area (Å²) in [5, 5.41) is 13.1. The first-order valence-corrected chi connectivity index (χ1v) is 8.50. The van der Waals surface area contributed by atoms with Gasteiger partial charge in [-0.3, -0.25) is 4.90 Å². The summed E-state index contributed by atoms with van der Waals surface area (Å²) in [4.78, 5) is 4.73. The van der Waals surface area contributed by atoms with Crippen molar-refractivity contribution in [2.24, 2.45) is 0 Å². The van der Waals surface area contributed by atoms with E-state index in [1.165, 1.54) is 0 Å². The zero-order chi connectivity index (χ0) is 16.9. The molecular weight excluding hydrogens is 328 g/mol. The van der Waals surface area contributed by atoms with Gasteiger partial charge in [-0.15, -0.1) is 5.10 Å². The van der Waals surface area contributed by atoms with Crippen LogP contribution in [0.4, 0.5) is 0 Å². The molecule has 130 valence electrons. The maximum Gasteiger partial charge on any atom is 0.173 e. The molecule has 3 rings (SSSR count). The van der Waals surface area contributed by atoms with Crippen LogP contribution in [0.3, 0.4) is 0 Å². The predicted octanol–water partition coefficient (Wildman–Crippen LogP) is 1.31. The highest BCUT2D eigenvalue weighted by Gasteiger charge is 2.31. The SMILES string of the molecule is COCCn1nnnc1[C@@H](c1ccccc1Cl)N1CCN(C)CC1. The summed E-state index contributed by atoms with van der Waals surface area (Å²) < 4.78 is 6.99. The minimum atomic E-state index is -0.0562. The van der Waals surface area contributed by atoms with Crippen LogP contribution in [0.1, 0.15) is 17.4 Å². The van der Waals surface area contributed by atoms with E-state index in [1.807, 2.05) is 22.9 Å². The second-order valence-corrected chi connectivity index (χ2v) is 6.42. The lowest BCUT2D eigenvalue weighted by Crippen LogP contribution is -2.46. The van der Waals surface area contributed by atoms with Crippen molar-refractivity contribution in [3.63, 3.8) is 0 Å². The van der Waals surface area contributed by atoms with Crippen LogP contribution in [0.15, 0.2) is 24.3 Å². The molecule has 0 radical (unpaired) electrons. The highest BCUT2D eigenvalue weighted by atomic mass is 35.5. The van der Waals surface area contributed by atoms with Gasteiger partial charge in [0, 0.05) is 38.3 Å². The molecule has 0 N–H and O–H groups in total. The summed E-state index contributed by atoms with van der Waals surface area (Å²) in [6, 6.07) is 7.87. The number of piperazine rings is 1. The van der Waals surface area contributed by atoms with Crippen molar-refractivity contribution in [3.05, 3.63) is 40.7 Å². The molecule has 1 aliphatic heterocycles. The number of rotatable bonds is 6. The third kappa shape index (κ3) is 3.75. The van der Waals surface area contributed by atoms with E-state index in [2.05, 4.69) is 38.4 Å². The maximum atomic E-state index is 6.50. The minimum Gasteiger partial charge on any atom is -0.383 e. The van der Waals surface area contributed by atoms with E-state index in [-0.39, 0.29) is 6.04 Å². The number of hydrogen-bond acceptors (Lipinski definition) is 6. The fraction of sp³-hybridized carbons (Fsp3) is 0.562. The van der Waals surface area contributed by atoms with Crippen molar-refractivity contribution < 1.29 is 4.74 Å². The monoisotopic (exact) mass is 350 g/mol. The zero-order valence-electron chi connectivity index (χ0n) is 14.1. The molecule has 0 aliphatic carbocycles. The summed E-state index contributed by atoms with van der Waals surface area (Å²) in [6.45, 7) is 5.11. The van der Waals surface area contributed by atoms with E-state index in [1.54, 1.807) is 7.11 Å². The van der Waals surface area contributed by atoms with Crippen LogP contribution >= 0.6 is 11.6 Å². The molecule has 1 atom stereocenters. The summed E-state index contributed by atoms with van der Waals surface area (Å²) in [7, 11) is 3.82. The highest BCUT2D eigenvalue weighted by molar-refractivity contribution is 6.31. The van der Waals surface area contributed by atoms with Gasteiger partial charge < -0.3 is 9.64 Å². The van der Waals surface area contributed by atoms with Crippen molar-refractivity contribution in [1.82, 2.24) is 30.0 Å². The molecule has 1 aliphatic rings. The molecule has 0 saturated carbocycles. The molecule has 0 amide bonds. The Morgan fingerprint density at radius 3 is 2.67 bits per heavy atom. The summed E-state index contributed by atoms with van der Waals surface area (Å²) in [6.07, 6.45) is 0. The molecule has 24 heavy (non-hydrogen) atoms. The number of tetrazole rings is 1. The van der Waals surface area contributed by atoms with E-state index in [9.17, 15) is 0 Å². The van der Waals surface area contributed by atoms with Crippen LogP contribution in [0, 0.1) is 0 Å². The van der Waals surface area contributed by atoms with Crippen LogP contribution < -0.4 is 0 Å². The van der Waals surface area contributed by atoms with Gasteiger partial charge in [0.15, 0.2) is 5.82 Å². The first-order valence-electron chi connectivity index (χ1n) is 8.12. The lowest BCUT2D eigenvalue weighted by molar-refractivity contribution is 0.119. The topological polar surface area (TPSA) is 59.3 Å². The van der Waals surface area contributed by atoms with Crippen molar-refractivity contribution >= 4 is 11.6 Å². The summed E-state index contributed by atoms with van der Waals surface area (Å²) in [5.41, 5.74) is 1.04. The highest BCUT2D eigenvalue weighted by Crippen LogP contribution is 2.32. The van der Waals surface area contributed by atoms with Gasteiger partial charge in [-0.05, 0) is 29.1 Å². The smallest absolute Gasteiger partial charge is 0.173 e. The van der Waals surface area contributed by atoms with E-state index in [4.69, 9.17) is 16.3 Å². The van der Waals surface area contributed by atoms with Crippen LogP contribution in [-0.4, -0.2) is 77.0 Å². The van der Waals surface area contributed by atoms with Gasteiger partial charge in [0.05, 0.1) is 19.2 Å². The number of nitrogens with zero attached hydrogens (tertiary/aromatic N) is 6. The summed E-state index contributed by atoms with van der Waals surface area (Å²) >= 11 is 6.50. The number of aromatic nitrogens is 4. The Labute approximate surface area is 147 Å². The van der Waals surface area contributed by atoms with E-state index < -0.39 is 0 Å². The molecular formula is C16H23ClN6O. The van der Waals surface area contributed by atoms with Crippen LogP contribution in [0.2, 0.25) is 5.02 Å². The fourth-order valence-corrected chi connectivity index (χ4v) is 3.26. The van der Waals surface area contributed by atoms with E-state index >= 15 is 0 Å². The Hall–Kier alpha value is -1.54. The summed E-state index contributed by atoms with van der Waals surface area (Å²) in [5.74, 6) is 0.810. The van der Waals surface area contributed by atoms with Crippen molar-refractivity contribution in [2.45, 2.75) is 12.6 Å². The normalized spacial score (nSPS) is 18.0. The van der Waals surface area contributed by atoms with Crippen LogP contribution in [0.5, 0.6) is 0 Å². The number of ether oxygens (including phenoxy) is 1. The molecule has 2 heterocycles.